The fourth-order valence-electron chi connectivity index (χ4n) is 4.05. The highest BCUT2D eigenvalue weighted by molar-refractivity contribution is 7.98. The first-order chi connectivity index (χ1) is 14.5. The third-order valence-corrected chi connectivity index (χ3v) is 6.33. The van der Waals surface area contributed by atoms with Gasteiger partial charge in [0.25, 0.3) is 5.78 Å². The van der Waals surface area contributed by atoms with Gasteiger partial charge in [0.05, 0.1) is 6.42 Å². The summed E-state index contributed by atoms with van der Waals surface area (Å²) in [4.78, 5) is 21.6. The van der Waals surface area contributed by atoms with Crippen LogP contribution in [-0.4, -0.2) is 38.3 Å². The van der Waals surface area contributed by atoms with Crippen LogP contribution in [0.1, 0.15) is 42.6 Å². The van der Waals surface area contributed by atoms with Crippen LogP contribution in [0.25, 0.3) is 5.78 Å². The van der Waals surface area contributed by atoms with Gasteiger partial charge in [0.15, 0.2) is 0 Å². The maximum Gasteiger partial charge on any atom is 0.253 e. The number of carbonyl (C=O) groups excluding carboxylic acids is 1. The van der Waals surface area contributed by atoms with Gasteiger partial charge in [0.1, 0.15) is 0 Å². The first-order valence-electron chi connectivity index (χ1n) is 10.4. The minimum absolute atomic E-state index is 0.0702. The molecule has 0 atom stereocenters. The summed E-state index contributed by atoms with van der Waals surface area (Å²) in [6.45, 7) is 4.89. The van der Waals surface area contributed by atoms with Crippen LogP contribution in [0, 0.1) is 19.8 Å². The number of rotatable bonds is 7. The molecule has 2 aromatic heterocycles. The molecule has 1 fully saturated rings. The van der Waals surface area contributed by atoms with Crippen LogP contribution in [0.15, 0.2) is 29.4 Å². The normalized spacial score (nSPS) is 14.4. The van der Waals surface area contributed by atoms with Gasteiger partial charge < -0.3 is 10.6 Å². The fraction of sp³-hybridized carbons (Fsp3) is 0.455. The second-order valence-corrected chi connectivity index (χ2v) is 8.68. The minimum Gasteiger partial charge on any atom is -0.385 e. The molecule has 2 N–H and O–H groups in total. The molecule has 158 valence electrons. The average molecular weight is 425 g/mol. The minimum atomic E-state index is -0.0702. The van der Waals surface area contributed by atoms with E-state index in [1.165, 1.54) is 37.4 Å². The lowest BCUT2D eigenvalue weighted by atomic mass is 10.1. The van der Waals surface area contributed by atoms with Crippen molar-refractivity contribution < 1.29 is 4.79 Å². The molecule has 0 saturated heterocycles. The van der Waals surface area contributed by atoms with Gasteiger partial charge in [-0.3, -0.25) is 4.79 Å². The maximum atomic E-state index is 12.7. The van der Waals surface area contributed by atoms with E-state index in [2.05, 4.69) is 25.7 Å². The van der Waals surface area contributed by atoms with Crippen molar-refractivity contribution in [2.75, 3.05) is 23.4 Å². The number of aromatic nitrogens is 4. The van der Waals surface area contributed by atoms with Gasteiger partial charge >= 0.3 is 0 Å². The molecule has 2 heterocycles. The van der Waals surface area contributed by atoms with E-state index in [1.807, 2.05) is 44.4 Å². The molecule has 0 spiro atoms. The number of benzene rings is 1. The lowest BCUT2D eigenvalue weighted by molar-refractivity contribution is -0.115. The first-order valence-corrected chi connectivity index (χ1v) is 11.7. The Kier molecular flexibility index (Phi) is 6.22. The van der Waals surface area contributed by atoms with Crippen molar-refractivity contribution in [2.45, 2.75) is 51.1 Å². The van der Waals surface area contributed by atoms with E-state index in [0.717, 1.165) is 40.8 Å². The number of hydrogen-bond donors (Lipinski definition) is 2. The molecule has 1 amide bonds. The van der Waals surface area contributed by atoms with Crippen molar-refractivity contribution in [3.63, 3.8) is 0 Å². The SMILES string of the molecule is CSc1nc2nc(C)c(CC(=O)Nc3ccc(NCC4CCCC4)cc3)c(C)n2n1. The smallest absolute Gasteiger partial charge is 0.253 e. The fourth-order valence-corrected chi connectivity index (χ4v) is 4.38. The Bertz CT molecular complexity index is 1040. The molecule has 8 heteroatoms. The number of thioether (sulfide) groups is 1. The molecular weight excluding hydrogens is 396 g/mol. The Morgan fingerprint density at radius 2 is 1.83 bits per heavy atom. The van der Waals surface area contributed by atoms with E-state index in [-0.39, 0.29) is 12.3 Å². The maximum absolute atomic E-state index is 12.7. The summed E-state index contributed by atoms with van der Waals surface area (Å²) >= 11 is 1.47. The third kappa shape index (κ3) is 4.59. The number of fused-ring (bicyclic) bond motifs is 1. The Morgan fingerprint density at radius 1 is 1.13 bits per heavy atom. The van der Waals surface area contributed by atoms with Crippen LogP contribution in [-0.2, 0) is 11.2 Å². The highest BCUT2D eigenvalue weighted by Gasteiger charge is 2.16. The second kappa shape index (κ2) is 9.04. The van der Waals surface area contributed by atoms with Crippen molar-refractivity contribution in [2.24, 2.45) is 5.92 Å². The van der Waals surface area contributed by atoms with E-state index in [4.69, 9.17) is 0 Å². The molecule has 1 saturated carbocycles. The topological polar surface area (TPSA) is 84.2 Å². The zero-order chi connectivity index (χ0) is 21.1. The molecule has 4 rings (SSSR count). The van der Waals surface area contributed by atoms with Crippen molar-refractivity contribution in [3.05, 3.63) is 41.2 Å². The van der Waals surface area contributed by atoms with Crippen LogP contribution in [0.2, 0.25) is 0 Å². The Labute approximate surface area is 181 Å². The summed E-state index contributed by atoms with van der Waals surface area (Å²) in [5, 5.41) is 11.6. The molecule has 7 nitrogen and oxygen atoms in total. The van der Waals surface area contributed by atoms with Crippen molar-refractivity contribution in [1.29, 1.82) is 0 Å². The first kappa shape index (κ1) is 20.7. The largest absolute Gasteiger partial charge is 0.385 e. The molecule has 3 aromatic rings. The molecule has 0 aliphatic heterocycles. The number of nitrogens with one attached hydrogen (secondary N) is 2. The highest BCUT2D eigenvalue weighted by Crippen LogP contribution is 2.25. The van der Waals surface area contributed by atoms with Gasteiger partial charge in [0.2, 0.25) is 11.1 Å². The Morgan fingerprint density at radius 3 is 2.53 bits per heavy atom. The lowest BCUT2D eigenvalue weighted by Crippen LogP contribution is -2.18. The number of hydrogen-bond acceptors (Lipinski definition) is 6. The van der Waals surface area contributed by atoms with Crippen LogP contribution in [0.5, 0.6) is 0 Å². The van der Waals surface area contributed by atoms with E-state index in [0.29, 0.717) is 10.9 Å². The van der Waals surface area contributed by atoms with Gasteiger partial charge in [-0.25, -0.2) is 9.50 Å². The van der Waals surface area contributed by atoms with E-state index >= 15 is 0 Å². The predicted octanol–water partition coefficient (Wildman–Crippen LogP) is 4.25. The monoisotopic (exact) mass is 424 g/mol. The van der Waals surface area contributed by atoms with Crippen LogP contribution >= 0.6 is 11.8 Å². The lowest BCUT2D eigenvalue weighted by Gasteiger charge is -2.13. The summed E-state index contributed by atoms with van der Waals surface area (Å²) in [7, 11) is 0. The number of anilines is 2. The number of carbonyl (C=O) groups is 1. The molecular formula is C22H28N6OS. The van der Waals surface area contributed by atoms with Gasteiger partial charge in [-0.05, 0) is 63.1 Å². The van der Waals surface area contributed by atoms with E-state index < -0.39 is 0 Å². The average Bonchev–Trinajstić information content (AvgIpc) is 3.40. The van der Waals surface area contributed by atoms with Gasteiger partial charge in [-0.15, -0.1) is 5.10 Å². The molecule has 0 radical (unpaired) electrons. The van der Waals surface area contributed by atoms with Gasteiger partial charge in [0, 0.05) is 34.9 Å². The molecule has 1 aliphatic rings. The van der Waals surface area contributed by atoms with Crippen molar-refractivity contribution in [3.8, 4) is 0 Å². The molecule has 0 unspecified atom stereocenters. The zero-order valence-electron chi connectivity index (χ0n) is 17.7. The van der Waals surface area contributed by atoms with Crippen molar-refractivity contribution >= 4 is 34.8 Å². The van der Waals surface area contributed by atoms with Crippen LogP contribution in [0.3, 0.4) is 0 Å². The number of nitrogens with zero attached hydrogens (tertiary/aromatic N) is 4. The van der Waals surface area contributed by atoms with Crippen molar-refractivity contribution in [1.82, 2.24) is 19.6 Å². The standard InChI is InChI=1S/C22H28N6OS/c1-14-19(15(2)28-21(24-14)26-22(27-28)30-3)12-20(29)25-18-10-8-17(9-11-18)23-13-16-6-4-5-7-16/h8-11,16,23H,4-7,12-13H2,1-3H3,(H,25,29). The van der Waals surface area contributed by atoms with Gasteiger partial charge in [-0.2, -0.15) is 4.98 Å². The molecule has 1 aliphatic carbocycles. The predicted molar refractivity (Wildman–Crippen MR) is 121 cm³/mol. The van der Waals surface area contributed by atoms with Crippen LogP contribution in [0.4, 0.5) is 11.4 Å². The number of amides is 1. The van der Waals surface area contributed by atoms with Crippen LogP contribution < -0.4 is 10.6 Å². The molecule has 30 heavy (non-hydrogen) atoms. The Hall–Kier alpha value is -2.61. The summed E-state index contributed by atoms with van der Waals surface area (Å²) in [6, 6.07) is 7.93. The Balaban J connectivity index is 1.39. The summed E-state index contributed by atoms with van der Waals surface area (Å²) < 4.78 is 1.71. The summed E-state index contributed by atoms with van der Waals surface area (Å²) in [6.07, 6.45) is 7.54. The summed E-state index contributed by atoms with van der Waals surface area (Å²) in [5.41, 5.74) is 4.47. The number of aryl methyl sites for hydroxylation is 2. The van der Waals surface area contributed by atoms with Gasteiger partial charge in [-0.1, -0.05) is 24.6 Å². The zero-order valence-corrected chi connectivity index (χ0v) is 18.6. The molecule has 0 bridgehead atoms. The summed E-state index contributed by atoms with van der Waals surface area (Å²) in [5.74, 6) is 1.29. The third-order valence-electron chi connectivity index (χ3n) is 5.79. The second-order valence-electron chi connectivity index (χ2n) is 7.91. The highest BCUT2D eigenvalue weighted by atomic mass is 32.2. The quantitative estimate of drug-likeness (QED) is 0.552. The van der Waals surface area contributed by atoms with E-state index in [9.17, 15) is 4.79 Å². The molecule has 1 aromatic carbocycles. The van der Waals surface area contributed by atoms with E-state index in [1.54, 1.807) is 4.52 Å².